The molecule has 88 valence electrons. The fourth-order valence-electron chi connectivity index (χ4n) is 1.79. The molecule has 2 nitrogen and oxygen atoms in total. The first kappa shape index (κ1) is 12.8. The Morgan fingerprint density at radius 1 is 1.19 bits per heavy atom. The Labute approximate surface area is 98.3 Å². The van der Waals surface area contributed by atoms with E-state index < -0.39 is 0 Å². The molecule has 0 unspecified atom stereocenters. The first-order valence-electron chi connectivity index (χ1n) is 5.59. The van der Waals surface area contributed by atoms with E-state index in [0.717, 1.165) is 11.3 Å². The van der Waals surface area contributed by atoms with E-state index in [1.165, 1.54) is 5.56 Å². The van der Waals surface area contributed by atoms with Gasteiger partial charge in [-0.2, -0.15) is 0 Å². The second-order valence-electron chi connectivity index (χ2n) is 5.40. The molecule has 1 aromatic carbocycles. The van der Waals surface area contributed by atoms with Crippen LogP contribution in [0.25, 0.3) is 0 Å². The Bertz CT molecular complexity index is 402. The maximum atomic E-state index is 12.1. The third kappa shape index (κ3) is 2.63. The first-order valence-corrected chi connectivity index (χ1v) is 5.59. The van der Waals surface area contributed by atoms with Gasteiger partial charge >= 0.3 is 0 Å². The second kappa shape index (κ2) is 4.28. The summed E-state index contributed by atoms with van der Waals surface area (Å²) in [6, 6.07) is 6.14. The molecule has 0 heterocycles. The maximum Gasteiger partial charge on any atom is 0.232 e. The Morgan fingerprint density at radius 3 is 2.19 bits per heavy atom. The molecular weight excluding hydrogens is 198 g/mol. The highest BCUT2D eigenvalue weighted by molar-refractivity contribution is 5.97. The van der Waals surface area contributed by atoms with Crippen molar-refractivity contribution in [1.82, 2.24) is 0 Å². The van der Waals surface area contributed by atoms with Gasteiger partial charge in [-0.3, -0.25) is 4.79 Å². The number of carbonyl (C=O) groups is 1. The molecule has 0 aliphatic rings. The minimum Gasteiger partial charge on any atom is -0.315 e. The van der Waals surface area contributed by atoms with Crippen LogP contribution >= 0.6 is 0 Å². The lowest BCUT2D eigenvalue weighted by Crippen LogP contribution is -2.37. The van der Waals surface area contributed by atoms with Crippen molar-refractivity contribution in [3.63, 3.8) is 0 Å². The second-order valence-corrected chi connectivity index (χ2v) is 5.40. The predicted octanol–water partition coefficient (Wildman–Crippen LogP) is 3.31. The van der Waals surface area contributed by atoms with Crippen LogP contribution < -0.4 is 4.90 Å². The van der Waals surface area contributed by atoms with Crippen molar-refractivity contribution in [2.75, 3.05) is 11.9 Å². The molecule has 0 fully saturated rings. The standard InChI is InChI=1S/C14H21NO/c1-10-7-8-12(11(2)9-10)15(6)13(16)14(3,4)5/h7-9H,1-6H3. The lowest BCUT2D eigenvalue weighted by atomic mass is 9.94. The summed E-state index contributed by atoms with van der Waals surface area (Å²) >= 11 is 0. The lowest BCUT2D eigenvalue weighted by Gasteiger charge is -2.27. The highest BCUT2D eigenvalue weighted by atomic mass is 16.2. The van der Waals surface area contributed by atoms with Crippen molar-refractivity contribution in [1.29, 1.82) is 0 Å². The van der Waals surface area contributed by atoms with Crippen molar-refractivity contribution in [2.45, 2.75) is 34.6 Å². The molecular formula is C14H21NO. The molecule has 0 saturated carbocycles. The summed E-state index contributed by atoms with van der Waals surface area (Å²) in [5.74, 6) is 0.138. The molecule has 0 aromatic heterocycles. The average Bonchev–Trinajstić information content (AvgIpc) is 2.14. The van der Waals surface area contributed by atoms with Crippen molar-refractivity contribution in [2.24, 2.45) is 5.41 Å². The zero-order chi connectivity index (χ0) is 12.5. The molecule has 0 radical (unpaired) electrons. The smallest absolute Gasteiger partial charge is 0.232 e. The van der Waals surface area contributed by atoms with Crippen molar-refractivity contribution in [3.8, 4) is 0 Å². The summed E-state index contributed by atoms with van der Waals surface area (Å²) in [4.78, 5) is 13.9. The molecule has 0 aliphatic carbocycles. The van der Waals surface area contributed by atoms with Crippen LogP contribution in [0.5, 0.6) is 0 Å². The Kier molecular flexibility index (Phi) is 3.41. The number of carbonyl (C=O) groups excluding carboxylic acids is 1. The topological polar surface area (TPSA) is 20.3 Å². The maximum absolute atomic E-state index is 12.1. The summed E-state index contributed by atoms with van der Waals surface area (Å²) in [5, 5.41) is 0. The van der Waals surface area contributed by atoms with E-state index in [2.05, 4.69) is 13.0 Å². The van der Waals surface area contributed by atoms with E-state index in [4.69, 9.17) is 0 Å². The molecule has 2 heteroatoms. The highest BCUT2D eigenvalue weighted by Gasteiger charge is 2.26. The van der Waals surface area contributed by atoms with E-state index in [1.807, 2.05) is 46.9 Å². The van der Waals surface area contributed by atoms with Gasteiger partial charge < -0.3 is 4.90 Å². The molecule has 1 rings (SSSR count). The third-order valence-corrected chi connectivity index (χ3v) is 2.66. The van der Waals surface area contributed by atoms with Gasteiger partial charge in [0.1, 0.15) is 0 Å². The van der Waals surface area contributed by atoms with Crippen LogP contribution in [0, 0.1) is 19.3 Å². The minimum absolute atomic E-state index is 0.138. The molecule has 0 bridgehead atoms. The van der Waals surface area contributed by atoms with E-state index in [0.29, 0.717) is 0 Å². The van der Waals surface area contributed by atoms with Gasteiger partial charge in [0.2, 0.25) is 5.91 Å². The number of amides is 1. The summed E-state index contributed by atoms with van der Waals surface area (Å²) in [7, 11) is 1.84. The number of benzene rings is 1. The summed E-state index contributed by atoms with van der Waals surface area (Å²) in [6.07, 6.45) is 0. The molecule has 16 heavy (non-hydrogen) atoms. The van der Waals surface area contributed by atoms with E-state index >= 15 is 0 Å². The van der Waals surface area contributed by atoms with Gasteiger partial charge in [-0.05, 0) is 25.5 Å². The lowest BCUT2D eigenvalue weighted by molar-refractivity contribution is -0.125. The van der Waals surface area contributed by atoms with Crippen LogP contribution in [-0.2, 0) is 4.79 Å². The number of rotatable bonds is 1. The molecule has 0 N–H and O–H groups in total. The summed E-state index contributed by atoms with van der Waals surface area (Å²) < 4.78 is 0. The Morgan fingerprint density at radius 2 is 1.75 bits per heavy atom. The fourth-order valence-corrected chi connectivity index (χ4v) is 1.79. The monoisotopic (exact) mass is 219 g/mol. The van der Waals surface area contributed by atoms with Gasteiger partial charge in [0.25, 0.3) is 0 Å². The fraction of sp³-hybridized carbons (Fsp3) is 0.500. The van der Waals surface area contributed by atoms with Gasteiger partial charge in [-0.1, -0.05) is 38.5 Å². The molecule has 1 aromatic rings. The van der Waals surface area contributed by atoms with Gasteiger partial charge in [-0.15, -0.1) is 0 Å². The summed E-state index contributed by atoms with van der Waals surface area (Å²) in [6.45, 7) is 9.91. The number of aryl methyl sites for hydroxylation is 2. The zero-order valence-corrected chi connectivity index (χ0v) is 11.1. The number of hydrogen-bond donors (Lipinski definition) is 0. The van der Waals surface area contributed by atoms with Crippen LogP contribution in [0.4, 0.5) is 5.69 Å². The largest absolute Gasteiger partial charge is 0.315 e. The van der Waals surface area contributed by atoms with Crippen molar-refractivity contribution in [3.05, 3.63) is 29.3 Å². The van der Waals surface area contributed by atoms with Crippen LogP contribution in [0.3, 0.4) is 0 Å². The normalized spacial score (nSPS) is 11.4. The molecule has 0 spiro atoms. The number of nitrogens with zero attached hydrogens (tertiary/aromatic N) is 1. The minimum atomic E-state index is -0.341. The van der Waals surface area contributed by atoms with Crippen molar-refractivity contribution >= 4 is 11.6 Å². The first-order chi connectivity index (χ1) is 7.23. The van der Waals surface area contributed by atoms with E-state index in [9.17, 15) is 4.79 Å². The van der Waals surface area contributed by atoms with E-state index in [1.54, 1.807) is 4.90 Å². The molecule has 1 amide bonds. The zero-order valence-electron chi connectivity index (χ0n) is 11.1. The van der Waals surface area contributed by atoms with Gasteiger partial charge in [0, 0.05) is 18.2 Å². The van der Waals surface area contributed by atoms with Crippen LogP contribution in [0.2, 0.25) is 0 Å². The molecule has 0 aliphatic heterocycles. The van der Waals surface area contributed by atoms with Crippen molar-refractivity contribution < 1.29 is 4.79 Å². The van der Waals surface area contributed by atoms with Crippen LogP contribution in [0.15, 0.2) is 18.2 Å². The number of anilines is 1. The van der Waals surface area contributed by atoms with Gasteiger partial charge in [0.05, 0.1) is 0 Å². The Hall–Kier alpha value is -1.31. The average molecular weight is 219 g/mol. The van der Waals surface area contributed by atoms with Crippen LogP contribution in [0.1, 0.15) is 31.9 Å². The SMILES string of the molecule is Cc1ccc(N(C)C(=O)C(C)(C)C)c(C)c1. The molecule has 0 atom stereocenters. The third-order valence-electron chi connectivity index (χ3n) is 2.66. The van der Waals surface area contributed by atoms with E-state index in [-0.39, 0.29) is 11.3 Å². The Balaban J connectivity index is 3.06. The molecule has 0 saturated heterocycles. The summed E-state index contributed by atoms with van der Waals surface area (Å²) in [5.41, 5.74) is 3.01. The van der Waals surface area contributed by atoms with Gasteiger partial charge in [-0.25, -0.2) is 0 Å². The van der Waals surface area contributed by atoms with Gasteiger partial charge in [0.15, 0.2) is 0 Å². The quantitative estimate of drug-likeness (QED) is 0.709. The number of hydrogen-bond acceptors (Lipinski definition) is 1. The predicted molar refractivity (Wildman–Crippen MR) is 68.8 cm³/mol. The van der Waals surface area contributed by atoms with Crippen LogP contribution in [-0.4, -0.2) is 13.0 Å². The highest BCUT2D eigenvalue weighted by Crippen LogP contribution is 2.25.